The van der Waals surface area contributed by atoms with Gasteiger partial charge in [0.25, 0.3) is 5.91 Å². The number of H-pyrrole nitrogens is 1. The fraction of sp³-hybridized carbons (Fsp3) is 0.238. The summed E-state index contributed by atoms with van der Waals surface area (Å²) in [6.07, 6.45) is 0.794. The van der Waals surface area contributed by atoms with Crippen LogP contribution in [0.2, 0.25) is 0 Å². The number of carbonyl (C=O) groups excluding carboxylic acids is 2. The van der Waals surface area contributed by atoms with Gasteiger partial charge in [-0.25, -0.2) is 0 Å². The summed E-state index contributed by atoms with van der Waals surface area (Å²) in [5.74, 6) is 0.342. The highest BCUT2D eigenvalue weighted by Gasteiger charge is 2.24. The molecule has 1 aliphatic heterocycles. The number of rotatable bonds is 4. The molecule has 1 aromatic heterocycles. The normalized spacial score (nSPS) is 13.3. The van der Waals surface area contributed by atoms with E-state index < -0.39 is 0 Å². The Morgan fingerprint density at radius 1 is 1.15 bits per heavy atom. The van der Waals surface area contributed by atoms with Crippen LogP contribution in [-0.2, 0) is 17.8 Å². The minimum Gasteiger partial charge on any atom is -0.497 e. The largest absolute Gasteiger partial charge is 0.497 e. The lowest BCUT2D eigenvalue weighted by molar-refractivity contribution is -0.131. The molecule has 27 heavy (non-hydrogen) atoms. The van der Waals surface area contributed by atoms with Crippen molar-refractivity contribution in [1.29, 1.82) is 0 Å². The quantitative estimate of drug-likeness (QED) is 0.748. The van der Waals surface area contributed by atoms with Crippen LogP contribution in [0.5, 0.6) is 5.75 Å². The standard InChI is InChI=1S/C21H21N3O3/c1-27-15-8-6-14(7-9-15)21(26)22-12-20(25)24-11-10-19-17(13-24)16-4-2-3-5-18(16)23-19/h2-9,23H,10-13H2,1H3,(H,22,26). The summed E-state index contributed by atoms with van der Waals surface area (Å²) >= 11 is 0. The summed E-state index contributed by atoms with van der Waals surface area (Å²) in [5.41, 5.74) is 3.97. The monoisotopic (exact) mass is 363 g/mol. The molecule has 0 spiro atoms. The molecule has 0 saturated carbocycles. The fourth-order valence-electron chi connectivity index (χ4n) is 3.49. The smallest absolute Gasteiger partial charge is 0.251 e. The number of hydrogen-bond donors (Lipinski definition) is 2. The van der Waals surface area contributed by atoms with E-state index in [-0.39, 0.29) is 18.4 Å². The van der Waals surface area contributed by atoms with Crippen molar-refractivity contribution in [2.45, 2.75) is 13.0 Å². The van der Waals surface area contributed by atoms with Gasteiger partial charge in [0, 0.05) is 47.2 Å². The predicted molar refractivity (Wildman–Crippen MR) is 103 cm³/mol. The van der Waals surface area contributed by atoms with E-state index in [1.54, 1.807) is 36.3 Å². The molecule has 0 aliphatic carbocycles. The fourth-order valence-corrected chi connectivity index (χ4v) is 3.49. The molecule has 0 saturated heterocycles. The van der Waals surface area contributed by atoms with Gasteiger partial charge in [0.05, 0.1) is 13.7 Å². The molecule has 1 aliphatic rings. The lowest BCUT2D eigenvalue weighted by atomic mass is 10.0. The van der Waals surface area contributed by atoms with Crippen LogP contribution in [0.3, 0.4) is 0 Å². The highest BCUT2D eigenvalue weighted by atomic mass is 16.5. The van der Waals surface area contributed by atoms with Crippen molar-refractivity contribution in [2.75, 3.05) is 20.2 Å². The molecule has 0 bridgehead atoms. The van der Waals surface area contributed by atoms with Crippen LogP contribution in [0.15, 0.2) is 48.5 Å². The average molecular weight is 363 g/mol. The molecule has 3 aromatic rings. The molecular weight excluding hydrogens is 342 g/mol. The van der Waals surface area contributed by atoms with Crippen molar-refractivity contribution in [3.63, 3.8) is 0 Å². The topological polar surface area (TPSA) is 74.4 Å². The van der Waals surface area contributed by atoms with E-state index in [4.69, 9.17) is 4.74 Å². The van der Waals surface area contributed by atoms with Crippen LogP contribution in [0.1, 0.15) is 21.6 Å². The number of aromatic amines is 1. The summed E-state index contributed by atoms with van der Waals surface area (Å²) in [4.78, 5) is 30.1. The third kappa shape index (κ3) is 3.38. The zero-order valence-electron chi connectivity index (χ0n) is 15.1. The number of nitrogens with zero attached hydrogens (tertiary/aromatic N) is 1. The van der Waals surface area contributed by atoms with Gasteiger partial charge < -0.3 is 19.9 Å². The second-order valence-electron chi connectivity index (χ2n) is 6.60. The molecular formula is C21H21N3O3. The molecule has 2 N–H and O–H groups in total. The first-order valence-corrected chi connectivity index (χ1v) is 8.94. The summed E-state index contributed by atoms with van der Waals surface area (Å²) in [7, 11) is 1.57. The third-order valence-corrected chi connectivity index (χ3v) is 4.99. The van der Waals surface area contributed by atoms with Crippen molar-refractivity contribution in [2.24, 2.45) is 0 Å². The van der Waals surface area contributed by atoms with Crippen LogP contribution >= 0.6 is 0 Å². The highest BCUT2D eigenvalue weighted by Crippen LogP contribution is 2.27. The van der Waals surface area contributed by atoms with Crippen LogP contribution in [-0.4, -0.2) is 41.9 Å². The molecule has 0 unspecified atom stereocenters. The number of nitrogens with one attached hydrogen (secondary N) is 2. The SMILES string of the molecule is COc1ccc(C(=O)NCC(=O)N2CCc3[nH]c4ccccc4c3C2)cc1. The third-order valence-electron chi connectivity index (χ3n) is 4.99. The average Bonchev–Trinajstić information content (AvgIpc) is 3.09. The van der Waals surface area contributed by atoms with Gasteiger partial charge in [-0.2, -0.15) is 0 Å². The van der Waals surface area contributed by atoms with Crippen molar-refractivity contribution in [3.8, 4) is 5.75 Å². The Kier molecular flexibility index (Phi) is 4.54. The second kappa shape index (κ2) is 7.15. The Morgan fingerprint density at radius 2 is 1.93 bits per heavy atom. The van der Waals surface area contributed by atoms with Gasteiger partial charge in [0.1, 0.15) is 5.75 Å². The molecule has 2 heterocycles. The number of carbonyl (C=O) groups is 2. The van der Waals surface area contributed by atoms with E-state index in [1.165, 1.54) is 11.3 Å². The first-order chi connectivity index (χ1) is 13.2. The van der Waals surface area contributed by atoms with Crippen molar-refractivity contribution in [3.05, 3.63) is 65.4 Å². The number of aromatic nitrogens is 1. The van der Waals surface area contributed by atoms with Crippen LogP contribution in [0, 0.1) is 0 Å². The number of ether oxygens (including phenoxy) is 1. The highest BCUT2D eigenvalue weighted by molar-refractivity contribution is 5.96. The molecule has 4 rings (SSSR count). The minimum absolute atomic E-state index is 0.0114. The molecule has 2 amide bonds. The zero-order chi connectivity index (χ0) is 18.8. The lowest BCUT2D eigenvalue weighted by Crippen LogP contribution is -2.42. The second-order valence-corrected chi connectivity index (χ2v) is 6.60. The number of amides is 2. The van der Waals surface area contributed by atoms with Gasteiger partial charge in [-0.1, -0.05) is 18.2 Å². The molecule has 0 fully saturated rings. The van der Waals surface area contributed by atoms with Gasteiger partial charge in [-0.3, -0.25) is 9.59 Å². The van der Waals surface area contributed by atoms with E-state index in [0.29, 0.717) is 24.4 Å². The van der Waals surface area contributed by atoms with E-state index in [1.807, 2.05) is 12.1 Å². The number of hydrogen-bond acceptors (Lipinski definition) is 3. The molecule has 6 nitrogen and oxygen atoms in total. The molecule has 0 radical (unpaired) electrons. The van der Waals surface area contributed by atoms with Gasteiger partial charge in [0.15, 0.2) is 0 Å². The molecule has 138 valence electrons. The number of para-hydroxylation sites is 1. The summed E-state index contributed by atoms with van der Waals surface area (Å²) in [5, 5.41) is 3.87. The maximum atomic E-state index is 12.6. The number of fused-ring (bicyclic) bond motifs is 3. The maximum absolute atomic E-state index is 12.6. The lowest BCUT2D eigenvalue weighted by Gasteiger charge is -2.27. The van der Waals surface area contributed by atoms with E-state index in [2.05, 4.69) is 22.4 Å². The van der Waals surface area contributed by atoms with Gasteiger partial charge in [-0.05, 0) is 30.3 Å². The van der Waals surface area contributed by atoms with E-state index >= 15 is 0 Å². The first-order valence-electron chi connectivity index (χ1n) is 8.94. The maximum Gasteiger partial charge on any atom is 0.251 e. The van der Waals surface area contributed by atoms with Gasteiger partial charge in [-0.15, -0.1) is 0 Å². The Balaban J connectivity index is 1.39. The summed E-state index contributed by atoms with van der Waals surface area (Å²) in [6, 6.07) is 14.9. The summed E-state index contributed by atoms with van der Waals surface area (Å²) < 4.78 is 5.08. The van der Waals surface area contributed by atoms with Crippen LogP contribution in [0.25, 0.3) is 10.9 Å². The summed E-state index contributed by atoms with van der Waals surface area (Å²) in [6.45, 7) is 1.20. The van der Waals surface area contributed by atoms with Crippen LogP contribution < -0.4 is 10.1 Å². The molecule has 0 atom stereocenters. The molecule has 6 heteroatoms. The molecule has 2 aromatic carbocycles. The Labute approximate surface area is 157 Å². The Morgan fingerprint density at radius 3 is 2.70 bits per heavy atom. The Hall–Kier alpha value is -3.28. The Bertz CT molecular complexity index is 992. The number of methoxy groups -OCH3 is 1. The van der Waals surface area contributed by atoms with E-state index in [9.17, 15) is 9.59 Å². The first kappa shape index (κ1) is 17.1. The number of benzene rings is 2. The van der Waals surface area contributed by atoms with Gasteiger partial charge >= 0.3 is 0 Å². The zero-order valence-corrected chi connectivity index (χ0v) is 15.1. The van der Waals surface area contributed by atoms with Crippen LogP contribution in [0.4, 0.5) is 0 Å². The predicted octanol–water partition coefficient (Wildman–Crippen LogP) is 2.49. The van der Waals surface area contributed by atoms with E-state index in [0.717, 1.165) is 17.3 Å². The minimum atomic E-state index is -0.268. The van der Waals surface area contributed by atoms with Gasteiger partial charge in [0.2, 0.25) is 5.91 Å². The van der Waals surface area contributed by atoms with Crippen molar-refractivity contribution >= 4 is 22.7 Å². The van der Waals surface area contributed by atoms with Crippen molar-refractivity contribution in [1.82, 2.24) is 15.2 Å². The van der Waals surface area contributed by atoms with Crippen molar-refractivity contribution < 1.29 is 14.3 Å².